The minimum atomic E-state index is -0.624. The van der Waals surface area contributed by atoms with E-state index in [9.17, 15) is 19.2 Å². The number of hydrogen-bond donors (Lipinski definition) is 0. The average molecular weight is 709 g/mol. The summed E-state index contributed by atoms with van der Waals surface area (Å²) in [5, 5.41) is 0. The van der Waals surface area contributed by atoms with Crippen LogP contribution in [0.15, 0.2) is 48.8 Å². The molecule has 2 aromatic rings. The number of ketones is 1. The lowest BCUT2D eigenvalue weighted by atomic mass is 9.85. The molecule has 1 aliphatic heterocycles. The van der Waals surface area contributed by atoms with Crippen LogP contribution < -0.4 is 0 Å². The highest BCUT2D eigenvalue weighted by Gasteiger charge is 2.43. The summed E-state index contributed by atoms with van der Waals surface area (Å²) in [7, 11) is 6.31. The van der Waals surface area contributed by atoms with Crippen LogP contribution in [0.1, 0.15) is 78.1 Å². The molecule has 1 aromatic carbocycles. The maximum absolute atomic E-state index is 14.2. The third-order valence-electron chi connectivity index (χ3n) is 10.8. The molecule has 8 atom stereocenters. The summed E-state index contributed by atoms with van der Waals surface area (Å²) in [6.45, 7) is 10.6. The van der Waals surface area contributed by atoms with Crippen LogP contribution in [0.25, 0.3) is 0 Å². The van der Waals surface area contributed by atoms with Crippen LogP contribution in [0.3, 0.4) is 0 Å². The number of Topliss-reactive ketones (excluding diaryl/α,β-unsaturated/α-hetero) is 1. The summed E-state index contributed by atoms with van der Waals surface area (Å²) >= 11 is 0. The van der Waals surface area contributed by atoms with Crippen molar-refractivity contribution in [2.24, 2.45) is 29.6 Å². The Morgan fingerprint density at radius 3 is 2.16 bits per heavy atom. The van der Waals surface area contributed by atoms with Crippen LogP contribution in [-0.4, -0.2) is 103 Å². The molecule has 3 rings (SSSR count). The lowest BCUT2D eigenvalue weighted by Gasteiger charge is -2.40. The molecule has 0 spiro atoms. The van der Waals surface area contributed by atoms with Crippen LogP contribution in [0, 0.1) is 29.6 Å². The molecule has 1 aliphatic rings. The molecule has 0 bridgehead atoms. The predicted octanol–water partition coefficient (Wildman–Crippen LogP) is 5.20. The maximum Gasteiger partial charge on any atom is 0.309 e. The van der Waals surface area contributed by atoms with E-state index >= 15 is 0 Å². The first-order valence-corrected chi connectivity index (χ1v) is 18.4. The van der Waals surface area contributed by atoms with Gasteiger partial charge in [0.1, 0.15) is 11.6 Å². The van der Waals surface area contributed by atoms with Crippen LogP contribution in [0.5, 0.6) is 0 Å². The number of aromatic nitrogens is 2. The molecule has 0 unspecified atom stereocenters. The van der Waals surface area contributed by atoms with Crippen LogP contribution in [0.4, 0.5) is 0 Å². The van der Waals surface area contributed by atoms with Gasteiger partial charge in [-0.3, -0.25) is 19.2 Å². The third-order valence-corrected chi connectivity index (χ3v) is 10.8. The molecule has 2 amide bonds. The second-order valence-corrected chi connectivity index (χ2v) is 14.4. The van der Waals surface area contributed by atoms with Crippen LogP contribution >= 0.6 is 0 Å². The van der Waals surface area contributed by atoms with Gasteiger partial charge in [0.25, 0.3) is 0 Å². The Morgan fingerprint density at radius 1 is 0.922 bits per heavy atom. The van der Waals surface area contributed by atoms with Crippen molar-refractivity contribution in [3.63, 3.8) is 0 Å². The minimum Gasteiger partial charge on any atom is -0.469 e. The molecular formula is C40H60N4O7. The van der Waals surface area contributed by atoms with Gasteiger partial charge < -0.3 is 24.0 Å². The fourth-order valence-electron chi connectivity index (χ4n) is 7.57. The van der Waals surface area contributed by atoms with E-state index in [0.717, 1.165) is 18.4 Å². The second kappa shape index (κ2) is 20.4. The number of likely N-dealkylation sites (tertiary alicyclic amines) is 1. The number of carbonyl (C=O) groups excluding carboxylic acids is 4. The van der Waals surface area contributed by atoms with E-state index in [1.165, 1.54) is 7.11 Å². The number of esters is 1. The molecule has 0 N–H and O–H groups in total. The summed E-state index contributed by atoms with van der Waals surface area (Å²) in [6.07, 6.45) is 5.42. The van der Waals surface area contributed by atoms with Gasteiger partial charge in [-0.05, 0) is 42.7 Å². The van der Waals surface area contributed by atoms with Crippen molar-refractivity contribution < 1.29 is 33.4 Å². The zero-order valence-corrected chi connectivity index (χ0v) is 32.1. The molecule has 282 valence electrons. The minimum absolute atomic E-state index is 0.0136. The zero-order valence-electron chi connectivity index (χ0n) is 32.1. The Morgan fingerprint density at radius 2 is 1.59 bits per heavy atom. The molecule has 51 heavy (non-hydrogen) atoms. The zero-order chi connectivity index (χ0) is 37.7. The highest BCUT2D eigenvalue weighted by molar-refractivity contribution is 5.86. The molecule has 0 aliphatic carbocycles. The molecule has 0 radical (unpaired) electrons. The average Bonchev–Trinajstić information content (AvgIpc) is 3.63. The van der Waals surface area contributed by atoms with E-state index in [0.29, 0.717) is 31.6 Å². The number of methoxy groups -OCH3 is 3. The lowest BCUT2D eigenvalue weighted by molar-refractivity contribution is -0.149. The van der Waals surface area contributed by atoms with E-state index in [4.69, 9.17) is 14.2 Å². The fourth-order valence-corrected chi connectivity index (χ4v) is 7.57. The molecule has 1 fully saturated rings. The summed E-state index contributed by atoms with van der Waals surface area (Å²) in [4.78, 5) is 67.0. The highest BCUT2D eigenvalue weighted by atomic mass is 16.5. The number of likely N-dealkylation sites (N-methyl/N-ethyl adjacent to an activating group) is 1. The Labute approximate surface area is 304 Å². The molecule has 11 nitrogen and oxygen atoms in total. The van der Waals surface area contributed by atoms with Crippen molar-refractivity contribution in [2.45, 2.75) is 104 Å². The van der Waals surface area contributed by atoms with Crippen molar-refractivity contribution in [3.05, 3.63) is 60.2 Å². The normalized spacial score (nSPS) is 18.7. The molecule has 11 heteroatoms. The standard InChI is InChI=1S/C40H60N4O7/c1-10-27(4)37(43(6)39(47)31(26(2)3)24-35-41-19-15-20-42-35)34(49-7)25-36(46)44-21-14-18-32(44)38(50-8)28(5)33(45)23-30(40(48)51-9)22-29-16-12-11-13-17-29/h11-13,15-17,19-20,26-28,30-32,34,37-38H,10,14,18,21-25H2,1-9H3/t27-,28-,30+,31-,32-,34+,37-,38+/m0/s1. The van der Waals surface area contributed by atoms with Crippen LogP contribution in [-0.2, 0) is 46.2 Å². The van der Waals surface area contributed by atoms with Crippen molar-refractivity contribution in [1.82, 2.24) is 19.8 Å². The number of rotatable bonds is 20. The summed E-state index contributed by atoms with van der Waals surface area (Å²) < 4.78 is 17.1. The van der Waals surface area contributed by atoms with Gasteiger partial charge >= 0.3 is 5.97 Å². The van der Waals surface area contributed by atoms with Crippen molar-refractivity contribution in [2.75, 3.05) is 34.9 Å². The number of ether oxygens (including phenoxy) is 3. The number of nitrogens with zero attached hydrogens (tertiary/aromatic N) is 4. The first-order valence-electron chi connectivity index (χ1n) is 18.4. The number of amides is 2. The summed E-state index contributed by atoms with van der Waals surface area (Å²) in [5.74, 6) is -1.48. The van der Waals surface area contributed by atoms with Crippen LogP contribution in [0.2, 0.25) is 0 Å². The summed E-state index contributed by atoms with van der Waals surface area (Å²) in [6, 6.07) is 10.7. The van der Waals surface area contributed by atoms with Crippen molar-refractivity contribution in [3.8, 4) is 0 Å². The van der Waals surface area contributed by atoms with Gasteiger partial charge in [-0.2, -0.15) is 0 Å². The monoisotopic (exact) mass is 708 g/mol. The second-order valence-electron chi connectivity index (χ2n) is 14.4. The molecule has 0 saturated carbocycles. The highest BCUT2D eigenvalue weighted by Crippen LogP contribution is 2.31. The topological polar surface area (TPSA) is 128 Å². The van der Waals surface area contributed by atoms with Gasteiger partial charge in [0.15, 0.2) is 0 Å². The Balaban J connectivity index is 1.77. The molecule has 1 aromatic heterocycles. The van der Waals surface area contributed by atoms with Crippen molar-refractivity contribution >= 4 is 23.6 Å². The van der Waals surface area contributed by atoms with E-state index in [1.807, 2.05) is 63.1 Å². The summed E-state index contributed by atoms with van der Waals surface area (Å²) in [5.41, 5.74) is 0.949. The van der Waals surface area contributed by atoms with Gasteiger partial charge in [0, 0.05) is 64.9 Å². The van der Waals surface area contributed by atoms with Gasteiger partial charge in [-0.1, -0.05) is 71.4 Å². The Bertz CT molecular complexity index is 1390. The van der Waals surface area contributed by atoms with E-state index in [2.05, 4.69) is 23.8 Å². The Kier molecular flexibility index (Phi) is 16.7. The van der Waals surface area contributed by atoms with Gasteiger partial charge in [-0.15, -0.1) is 0 Å². The predicted molar refractivity (Wildman–Crippen MR) is 195 cm³/mol. The first-order chi connectivity index (χ1) is 24.4. The van der Waals surface area contributed by atoms with E-state index in [-0.39, 0.29) is 60.3 Å². The third kappa shape index (κ3) is 11.1. The Hall–Kier alpha value is -3.70. The number of hydrogen-bond acceptors (Lipinski definition) is 9. The quantitative estimate of drug-likeness (QED) is 0.171. The van der Waals surface area contributed by atoms with E-state index < -0.39 is 30.0 Å². The van der Waals surface area contributed by atoms with Gasteiger partial charge in [0.05, 0.1) is 43.7 Å². The van der Waals surface area contributed by atoms with Gasteiger partial charge in [0.2, 0.25) is 11.8 Å². The fraction of sp³-hybridized carbons (Fsp3) is 0.650. The number of benzene rings is 1. The molecule has 2 heterocycles. The van der Waals surface area contributed by atoms with Crippen molar-refractivity contribution in [1.29, 1.82) is 0 Å². The largest absolute Gasteiger partial charge is 0.469 e. The first kappa shape index (κ1) is 41.7. The van der Waals surface area contributed by atoms with E-state index in [1.54, 1.807) is 37.6 Å². The smallest absolute Gasteiger partial charge is 0.309 e. The SMILES string of the molecule is CC[C@H](C)[C@@H]([C@@H](CC(=O)N1CCC[C@H]1[C@H](OC)[C@@H](C)C(=O)C[C@@H](Cc1ccccc1)C(=O)OC)OC)N(C)C(=O)[C@@H](Cc1ncccn1)C(C)C. The molecular weight excluding hydrogens is 648 g/mol. The number of carbonyl (C=O) groups is 4. The maximum atomic E-state index is 14.2. The van der Waals surface area contributed by atoms with Gasteiger partial charge in [-0.25, -0.2) is 9.97 Å². The molecule has 1 saturated heterocycles. The lowest BCUT2D eigenvalue weighted by Crippen LogP contribution is -2.54.